The maximum absolute atomic E-state index is 6.89. The van der Waals surface area contributed by atoms with E-state index in [1.54, 1.807) is 0 Å². The normalized spacial score (nSPS) is 11.5. The molecule has 2 heterocycles. The molecule has 0 aliphatic carbocycles. The number of hydrogen-bond donors (Lipinski definition) is 0. The molecule has 0 aliphatic rings. The lowest BCUT2D eigenvalue weighted by molar-refractivity contribution is 0.675. The number of fused-ring (bicyclic) bond motifs is 4. The van der Waals surface area contributed by atoms with Crippen molar-refractivity contribution in [2.75, 3.05) is 0 Å². The second-order valence-electron chi connectivity index (χ2n) is 14.5. The molecular formula is C49H25B6N3O. The summed E-state index contributed by atoms with van der Waals surface area (Å²) in [7, 11) is 40.6. The SMILES string of the molecule is [B]c1c([B])c(-c2nc(-c3ccccc3)nc(-c3cccc(-c4ccc(-c5ccc6ccccc6c5)cc4)c3)n2)c2c(oc3c([B])c(-c4ccccc4)c([B])c([B])c32)c1[B]. The van der Waals surface area contributed by atoms with Gasteiger partial charge in [0, 0.05) is 27.5 Å². The summed E-state index contributed by atoms with van der Waals surface area (Å²) in [6.07, 6.45) is 0. The molecule has 0 spiro atoms. The van der Waals surface area contributed by atoms with E-state index >= 15 is 0 Å². The molecule has 59 heavy (non-hydrogen) atoms. The molecule has 10 aromatic rings. The van der Waals surface area contributed by atoms with Crippen molar-refractivity contribution in [1.29, 1.82) is 0 Å². The second kappa shape index (κ2) is 14.6. The summed E-state index contributed by atoms with van der Waals surface area (Å²) in [5.74, 6) is 1.07. The minimum atomic E-state index is 0.109. The molecule has 0 amide bonds. The Morgan fingerprint density at radius 2 is 0.814 bits per heavy atom. The first-order valence-corrected chi connectivity index (χ1v) is 19.0. The quantitative estimate of drug-likeness (QED) is 0.206. The van der Waals surface area contributed by atoms with Gasteiger partial charge < -0.3 is 4.42 Å². The Kier molecular flexibility index (Phi) is 9.02. The van der Waals surface area contributed by atoms with E-state index in [1.807, 2.05) is 72.8 Å². The van der Waals surface area contributed by atoms with Crippen LogP contribution in [0.4, 0.5) is 0 Å². The topological polar surface area (TPSA) is 51.8 Å². The fourth-order valence-corrected chi connectivity index (χ4v) is 7.91. The molecule has 0 N–H and O–H groups in total. The van der Waals surface area contributed by atoms with Crippen LogP contribution in [-0.2, 0) is 0 Å². The lowest BCUT2D eigenvalue weighted by atomic mass is 9.66. The van der Waals surface area contributed by atoms with Crippen LogP contribution >= 0.6 is 0 Å². The zero-order chi connectivity index (χ0) is 40.4. The molecule has 260 valence electrons. The van der Waals surface area contributed by atoms with E-state index in [2.05, 4.69) is 78.9 Å². The van der Waals surface area contributed by atoms with Gasteiger partial charge in [-0.1, -0.05) is 161 Å². The Morgan fingerprint density at radius 3 is 1.51 bits per heavy atom. The van der Waals surface area contributed by atoms with Crippen LogP contribution in [0.2, 0.25) is 0 Å². The number of furan rings is 1. The Bertz CT molecular complexity index is 3280. The maximum Gasteiger partial charge on any atom is 0.164 e. The number of hydrogen-bond acceptors (Lipinski definition) is 4. The van der Waals surface area contributed by atoms with Crippen LogP contribution in [0.15, 0.2) is 156 Å². The van der Waals surface area contributed by atoms with Crippen molar-refractivity contribution >= 4 is 113 Å². The lowest BCUT2D eigenvalue weighted by Gasteiger charge is -2.18. The molecule has 10 rings (SSSR count). The molecular weight excluding hydrogens is 711 g/mol. The Labute approximate surface area is 349 Å². The summed E-state index contributed by atoms with van der Waals surface area (Å²) in [6.45, 7) is 0. The highest BCUT2D eigenvalue weighted by atomic mass is 16.3. The van der Waals surface area contributed by atoms with Gasteiger partial charge in [0.25, 0.3) is 0 Å². The predicted octanol–water partition coefficient (Wildman–Crippen LogP) is 5.69. The van der Waals surface area contributed by atoms with Crippen molar-refractivity contribution in [2.24, 2.45) is 0 Å². The zero-order valence-corrected chi connectivity index (χ0v) is 31.6. The fraction of sp³-hybridized carbons (Fsp3) is 0. The lowest BCUT2D eigenvalue weighted by Crippen LogP contribution is -2.40. The van der Waals surface area contributed by atoms with Gasteiger partial charge in [-0.3, -0.25) is 0 Å². The first kappa shape index (κ1) is 36.6. The van der Waals surface area contributed by atoms with Gasteiger partial charge in [0.2, 0.25) is 0 Å². The summed E-state index contributed by atoms with van der Waals surface area (Å²) < 4.78 is 6.47. The molecule has 8 aromatic carbocycles. The molecule has 0 atom stereocenters. The highest BCUT2D eigenvalue weighted by molar-refractivity contribution is 6.65. The molecule has 0 aliphatic heterocycles. The van der Waals surface area contributed by atoms with Crippen LogP contribution in [0.5, 0.6) is 0 Å². The summed E-state index contributed by atoms with van der Waals surface area (Å²) in [5, 5.41) is 3.28. The Hall–Kier alpha value is -6.78. The van der Waals surface area contributed by atoms with Crippen LogP contribution in [-0.4, -0.2) is 62.0 Å². The van der Waals surface area contributed by atoms with Gasteiger partial charge in [-0.05, 0) is 61.7 Å². The van der Waals surface area contributed by atoms with E-state index in [-0.39, 0.29) is 38.7 Å². The average Bonchev–Trinajstić information content (AvgIpc) is 3.69. The monoisotopic (exact) mass is 737 g/mol. The molecule has 0 fully saturated rings. The van der Waals surface area contributed by atoms with E-state index in [0.29, 0.717) is 44.6 Å². The molecule has 0 bridgehead atoms. The molecule has 12 radical (unpaired) electrons. The molecule has 4 nitrogen and oxygen atoms in total. The summed E-state index contributed by atoms with van der Waals surface area (Å²) in [5.41, 5.74) is 9.28. The summed E-state index contributed by atoms with van der Waals surface area (Å²) >= 11 is 0. The van der Waals surface area contributed by atoms with Crippen molar-refractivity contribution in [2.45, 2.75) is 0 Å². The van der Waals surface area contributed by atoms with Gasteiger partial charge in [-0.2, -0.15) is 0 Å². The molecule has 0 saturated carbocycles. The average molecular weight is 737 g/mol. The van der Waals surface area contributed by atoms with Gasteiger partial charge in [0.05, 0.1) is 0 Å². The van der Waals surface area contributed by atoms with Crippen molar-refractivity contribution in [3.63, 3.8) is 0 Å². The van der Waals surface area contributed by atoms with Crippen LogP contribution in [0.3, 0.4) is 0 Å². The van der Waals surface area contributed by atoms with E-state index in [0.717, 1.165) is 38.9 Å². The highest BCUT2D eigenvalue weighted by Crippen LogP contribution is 2.35. The van der Waals surface area contributed by atoms with Crippen molar-refractivity contribution < 1.29 is 4.42 Å². The second-order valence-corrected chi connectivity index (χ2v) is 14.5. The third kappa shape index (κ3) is 6.22. The van der Waals surface area contributed by atoms with E-state index in [4.69, 9.17) is 66.4 Å². The van der Waals surface area contributed by atoms with E-state index in [9.17, 15) is 0 Å². The predicted molar refractivity (Wildman–Crippen MR) is 250 cm³/mol. The Balaban J connectivity index is 1.15. The largest absolute Gasteiger partial charge is 0.457 e. The third-order valence-corrected chi connectivity index (χ3v) is 11.0. The standard InChI is InChI=1S/C49H25B6N3O/c50-39-35(29-11-3-1-4-12-29)42(53)46-37(40(39)51)36-38(41(52)43(54)44(55)45(36)59-46)49-57-47(30-13-5-2-6-14-30)56-48(58-49)34-17-9-16-32(25-34)27-18-20-28(21-19-27)33-23-22-26-10-7-8-15-31(26)24-33/h1-25H. The van der Waals surface area contributed by atoms with Crippen molar-refractivity contribution in [1.82, 2.24) is 15.0 Å². The van der Waals surface area contributed by atoms with Crippen LogP contribution in [0.1, 0.15) is 0 Å². The minimum absolute atomic E-state index is 0.109. The van der Waals surface area contributed by atoms with Gasteiger partial charge >= 0.3 is 0 Å². The summed E-state index contributed by atoms with van der Waals surface area (Å²) in [4.78, 5) is 15.1. The summed E-state index contributed by atoms with van der Waals surface area (Å²) in [6, 6.07) is 50.7. The zero-order valence-electron chi connectivity index (χ0n) is 31.6. The molecule has 0 saturated heterocycles. The number of benzene rings is 8. The number of nitrogens with zero attached hydrogens (tertiary/aromatic N) is 3. The number of rotatable bonds is 6. The highest BCUT2D eigenvalue weighted by Gasteiger charge is 2.26. The smallest absolute Gasteiger partial charge is 0.164 e. The van der Waals surface area contributed by atoms with Gasteiger partial charge in [0.1, 0.15) is 58.2 Å². The molecule has 2 aromatic heterocycles. The van der Waals surface area contributed by atoms with Crippen molar-refractivity contribution in [3.05, 3.63) is 152 Å². The third-order valence-electron chi connectivity index (χ3n) is 11.0. The van der Waals surface area contributed by atoms with Crippen LogP contribution < -0.4 is 32.8 Å². The van der Waals surface area contributed by atoms with E-state index in [1.165, 1.54) is 10.8 Å². The first-order valence-electron chi connectivity index (χ1n) is 19.0. The van der Waals surface area contributed by atoms with Gasteiger partial charge in [-0.15, -0.1) is 5.46 Å². The van der Waals surface area contributed by atoms with Crippen molar-refractivity contribution in [3.8, 4) is 67.5 Å². The minimum Gasteiger partial charge on any atom is -0.457 e. The number of aromatic nitrogens is 3. The van der Waals surface area contributed by atoms with Gasteiger partial charge in [-0.25, -0.2) is 15.0 Å². The van der Waals surface area contributed by atoms with Crippen LogP contribution in [0, 0.1) is 0 Å². The molecule has 0 unspecified atom stereocenters. The van der Waals surface area contributed by atoms with Gasteiger partial charge in [0.15, 0.2) is 17.5 Å². The van der Waals surface area contributed by atoms with E-state index < -0.39 is 0 Å². The molecule has 10 heteroatoms. The van der Waals surface area contributed by atoms with Crippen LogP contribution in [0.25, 0.3) is 100 Å². The first-order chi connectivity index (χ1) is 28.7. The fourth-order valence-electron chi connectivity index (χ4n) is 7.91. The maximum atomic E-state index is 6.89. The Morgan fingerprint density at radius 1 is 0.305 bits per heavy atom.